The molecule has 15 heavy (non-hydrogen) atoms. The van der Waals surface area contributed by atoms with Gasteiger partial charge in [-0.15, -0.1) is 0 Å². The molecule has 0 saturated heterocycles. The van der Waals surface area contributed by atoms with Gasteiger partial charge in [0, 0.05) is 6.61 Å². The third-order valence-corrected chi connectivity index (χ3v) is 1.72. The molecule has 0 fully saturated rings. The van der Waals surface area contributed by atoms with Crippen molar-refractivity contribution in [1.29, 1.82) is 0 Å². The maximum absolute atomic E-state index is 5.47. The highest BCUT2D eigenvalue weighted by molar-refractivity contribution is 5.21. The molecule has 0 rings (SSSR count). The van der Waals surface area contributed by atoms with Crippen LogP contribution in [0.3, 0.4) is 0 Å². The van der Waals surface area contributed by atoms with Crippen LogP contribution in [-0.4, -0.2) is 19.8 Å². The van der Waals surface area contributed by atoms with Gasteiger partial charge in [0.25, 0.3) is 0 Å². The third-order valence-electron chi connectivity index (χ3n) is 1.72. The van der Waals surface area contributed by atoms with E-state index in [0.717, 1.165) is 24.4 Å². The van der Waals surface area contributed by atoms with E-state index in [1.807, 2.05) is 26.0 Å². The molecule has 0 spiro atoms. The summed E-state index contributed by atoms with van der Waals surface area (Å²) in [5.41, 5.74) is 1.14. The van der Waals surface area contributed by atoms with Gasteiger partial charge in [-0.05, 0) is 31.9 Å². The van der Waals surface area contributed by atoms with Crippen molar-refractivity contribution < 1.29 is 9.47 Å². The van der Waals surface area contributed by atoms with E-state index < -0.39 is 0 Å². The summed E-state index contributed by atoms with van der Waals surface area (Å²) in [5.74, 6) is 0.908. The van der Waals surface area contributed by atoms with Crippen molar-refractivity contribution in [3.63, 3.8) is 0 Å². The Morgan fingerprint density at radius 3 is 2.53 bits per heavy atom. The fraction of sp³-hybridized carbons (Fsp3) is 0.538. The number of allylic oxidation sites excluding steroid dienone is 5. The Labute approximate surface area is 93.3 Å². The van der Waals surface area contributed by atoms with Crippen LogP contribution in [0.4, 0.5) is 0 Å². The minimum Gasteiger partial charge on any atom is -0.496 e. The molecule has 2 nitrogen and oxygen atoms in total. The van der Waals surface area contributed by atoms with Gasteiger partial charge in [0.2, 0.25) is 0 Å². The fourth-order valence-corrected chi connectivity index (χ4v) is 1.10. The number of hydrogen-bond acceptors (Lipinski definition) is 2. The molecule has 0 atom stereocenters. The van der Waals surface area contributed by atoms with Gasteiger partial charge in [-0.1, -0.05) is 25.7 Å². The Morgan fingerprint density at radius 2 is 1.93 bits per heavy atom. The van der Waals surface area contributed by atoms with Gasteiger partial charge in [-0.2, -0.15) is 0 Å². The van der Waals surface area contributed by atoms with Gasteiger partial charge in [-0.3, -0.25) is 0 Å². The van der Waals surface area contributed by atoms with Crippen molar-refractivity contribution >= 4 is 0 Å². The van der Waals surface area contributed by atoms with Crippen molar-refractivity contribution in [3.05, 3.63) is 36.1 Å². The monoisotopic (exact) mass is 210 g/mol. The molecule has 2 heteroatoms. The van der Waals surface area contributed by atoms with E-state index in [4.69, 9.17) is 9.47 Å². The summed E-state index contributed by atoms with van der Waals surface area (Å²) in [7, 11) is 0. The summed E-state index contributed by atoms with van der Waals surface area (Å²) in [6.45, 7) is 11.8. The second-order valence-corrected chi connectivity index (χ2v) is 3.36. The van der Waals surface area contributed by atoms with Gasteiger partial charge in [0.15, 0.2) is 0 Å². The highest BCUT2D eigenvalue weighted by atomic mass is 16.5. The van der Waals surface area contributed by atoms with E-state index in [2.05, 4.69) is 13.5 Å². The summed E-state index contributed by atoms with van der Waals surface area (Å²) in [6, 6.07) is 0. The molecule has 0 bridgehead atoms. The standard InChI is InChI=1S/C13H22O2/c1-5-7-12(3)11-13(4)15-10-9-14-8-6-2/h5,7,11H,1,6,8-10H2,2-4H3/b12-7-,13-11+. The van der Waals surface area contributed by atoms with E-state index in [1.165, 1.54) is 0 Å². The first-order chi connectivity index (χ1) is 7.20. The largest absolute Gasteiger partial charge is 0.496 e. The van der Waals surface area contributed by atoms with Crippen LogP contribution in [0.25, 0.3) is 0 Å². The first kappa shape index (κ1) is 14.0. The molecule has 0 aliphatic rings. The predicted molar refractivity (Wildman–Crippen MR) is 64.8 cm³/mol. The molecule has 0 N–H and O–H groups in total. The molecule has 0 unspecified atom stereocenters. The molecule has 0 aliphatic carbocycles. The van der Waals surface area contributed by atoms with Crippen LogP contribution in [0, 0.1) is 0 Å². The molecule has 0 saturated carbocycles. The molecule has 0 heterocycles. The highest BCUT2D eigenvalue weighted by Gasteiger charge is 1.91. The highest BCUT2D eigenvalue weighted by Crippen LogP contribution is 2.03. The zero-order valence-electron chi connectivity index (χ0n) is 10.1. The second-order valence-electron chi connectivity index (χ2n) is 3.36. The quantitative estimate of drug-likeness (QED) is 0.347. The lowest BCUT2D eigenvalue weighted by Crippen LogP contribution is -2.03. The molecule has 86 valence electrons. The van der Waals surface area contributed by atoms with Crippen LogP contribution in [0.2, 0.25) is 0 Å². The molecular formula is C13H22O2. The Balaban J connectivity index is 3.68. The average molecular weight is 210 g/mol. The van der Waals surface area contributed by atoms with Crippen LogP contribution < -0.4 is 0 Å². The van der Waals surface area contributed by atoms with Crippen LogP contribution in [0.15, 0.2) is 36.1 Å². The van der Waals surface area contributed by atoms with Gasteiger partial charge in [0.05, 0.1) is 12.4 Å². The zero-order valence-corrected chi connectivity index (χ0v) is 10.1. The van der Waals surface area contributed by atoms with Crippen molar-refractivity contribution in [2.75, 3.05) is 19.8 Å². The van der Waals surface area contributed by atoms with Crippen molar-refractivity contribution in [3.8, 4) is 0 Å². The van der Waals surface area contributed by atoms with E-state index in [1.54, 1.807) is 6.08 Å². The summed E-state index contributed by atoms with van der Waals surface area (Å²) in [4.78, 5) is 0. The first-order valence-corrected chi connectivity index (χ1v) is 5.38. The number of ether oxygens (including phenoxy) is 2. The Kier molecular flexibility index (Phi) is 8.88. The summed E-state index contributed by atoms with van der Waals surface area (Å²) >= 11 is 0. The van der Waals surface area contributed by atoms with E-state index in [9.17, 15) is 0 Å². The molecule has 0 aromatic rings. The molecule has 0 amide bonds. The van der Waals surface area contributed by atoms with Crippen LogP contribution in [0.1, 0.15) is 27.2 Å². The van der Waals surface area contributed by atoms with Crippen LogP contribution >= 0.6 is 0 Å². The normalized spacial score (nSPS) is 12.7. The zero-order chi connectivity index (χ0) is 11.5. The maximum atomic E-state index is 5.47. The summed E-state index contributed by atoms with van der Waals surface area (Å²) in [5, 5.41) is 0. The van der Waals surface area contributed by atoms with E-state index >= 15 is 0 Å². The summed E-state index contributed by atoms with van der Waals surface area (Å²) < 4.78 is 10.8. The lowest BCUT2D eigenvalue weighted by molar-refractivity contribution is 0.0765. The Morgan fingerprint density at radius 1 is 1.20 bits per heavy atom. The second kappa shape index (κ2) is 9.53. The van der Waals surface area contributed by atoms with Gasteiger partial charge < -0.3 is 9.47 Å². The lowest BCUT2D eigenvalue weighted by Gasteiger charge is -2.06. The Hall–Kier alpha value is -1.02. The molecular weight excluding hydrogens is 188 g/mol. The molecule has 0 aromatic heterocycles. The molecule has 0 aromatic carbocycles. The number of rotatable bonds is 8. The fourth-order valence-electron chi connectivity index (χ4n) is 1.10. The van der Waals surface area contributed by atoms with Crippen LogP contribution in [-0.2, 0) is 9.47 Å². The topological polar surface area (TPSA) is 18.5 Å². The first-order valence-electron chi connectivity index (χ1n) is 5.38. The van der Waals surface area contributed by atoms with Gasteiger partial charge in [0.1, 0.15) is 6.61 Å². The molecule has 0 radical (unpaired) electrons. The van der Waals surface area contributed by atoms with E-state index in [-0.39, 0.29) is 0 Å². The SMILES string of the molecule is C=C/C=C(C)\C=C(/C)OCCOCCC. The van der Waals surface area contributed by atoms with Gasteiger partial charge in [-0.25, -0.2) is 0 Å². The van der Waals surface area contributed by atoms with Crippen LogP contribution in [0.5, 0.6) is 0 Å². The summed E-state index contributed by atoms with van der Waals surface area (Å²) in [6.07, 6.45) is 6.75. The predicted octanol–water partition coefficient (Wildman–Crippen LogP) is 3.47. The smallest absolute Gasteiger partial charge is 0.111 e. The third kappa shape index (κ3) is 9.29. The lowest BCUT2D eigenvalue weighted by atomic mass is 10.2. The van der Waals surface area contributed by atoms with Gasteiger partial charge >= 0.3 is 0 Å². The van der Waals surface area contributed by atoms with E-state index in [0.29, 0.717) is 13.2 Å². The van der Waals surface area contributed by atoms with Crippen molar-refractivity contribution in [2.45, 2.75) is 27.2 Å². The van der Waals surface area contributed by atoms with Crippen molar-refractivity contribution in [1.82, 2.24) is 0 Å². The molecule has 0 aliphatic heterocycles. The number of hydrogen-bond donors (Lipinski definition) is 0. The minimum atomic E-state index is 0.615. The Bertz CT molecular complexity index is 227. The maximum Gasteiger partial charge on any atom is 0.111 e. The minimum absolute atomic E-state index is 0.615. The average Bonchev–Trinajstić information content (AvgIpc) is 2.17. The van der Waals surface area contributed by atoms with Crippen molar-refractivity contribution in [2.24, 2.45) is 0 Å².